The van der Waals surface area contributed by atoms with E-state index in [4.69, 9.17) is 0 Å². The van der Waals surface area contributed by atoms with Gasteiger partial charge in [-0.1, -0.05) is 26.2 Å². The quantitative estimate of drug-likeness (QED) is 0.549. The minimum Gasteiger partial charge on any atom is -0.369 e. The first-order valence-electron chi connectivity index (χ1n) is 11.3. The molecular formula is C23H32N4O3. The van der Waals surface area contributed by atoms with Crippen molar-refractivity contribution in [1.29, 1.82) is 0 Å². The number of imide groups is 1. The van der Waals surface area contributed by atoms with Crippen LogP contribution in [0.1, 0.15) is 61.4 Å². The third kappa shape index (κ3) is 4.36. The van der Waals surface area contributed by atoms with Crippen LogP contribution in [-0.2, 0) is 16.1 Å². The van der Waals surface area contributed by atoms with Gasteiger partial charge in [0.2, 0.25) is 11.8 Å². The smallest absolute Gasteiger partial charge is 0.255 e. The topological polar surface area (TPSA) is 73.0 Å². The van der Waals surface area contributed by atoms with Gasteiger partial charge in [0, 0.05) is 50.4 Å². The molecule has 1 aromatic carbocycles. The molecule has 0 aromatic heterocycles. The van der Waals surface area contributed by atoms with E-state index in [0.29, 0.717) is 18.5 Å². The first-order chi connectivity index (χ1) is 14.6. The van der Waals surface area contributed by atoms with Crippen molar-refractivity contribution in [2.24, 2.45) is 0 Å². The van der Waals surface area contributed by atoms with Gasteiger partial charge >= 0.3 is 0 Å². The molecule has 2 fully saturated rings. The average Bonchev–Trinajstić information content (AvgIpc) is 3.07. The van der Waals surface area contributed by atoms with E-state index in [2.05, 4.69) is 28.1 Å². The molecular weight excluding hydrogens is 380 g/mol. The highest BCUT2D eigenvalue weighted by Gasteiger charge is 2.39. The lowest BCUT2D eigenvalue weighted by Crippen LogP contribution is -2.52. The zero-order valence-electron chi connectivity index (χ0n) is 17.9. The Morgan fingerprint density at radius 1 is 1.03 bits per heavy atom. The Balaban J connectivity index is 1.35. The van der Waals surface area contributed by atoms with Crippen molar-refractivity contribution in [2.75, 3.05) is 37.6 Å². The van der Waals surface area contributed by atoms with Gasteiger partial charge in [0.1, 0.15) is 6.04 Å². The van der Waals surface area contributed by atoms with Crippen LogP contribution in [0, 0.1) is 0 Å². The predicted molar refractivity (Wildman–Crippen MR) is 115 cm³/mol. The van der Waals surface area contributed by atoms with Gasteiger partial charge in [-0.05, 0) is 43.1 Å². The minimum atomic E-state index is -0.553. The molecule has 0 bridgehead atoms. The Morgan fingerprint density at radius 3 is 2.57 bits per heavy atom. The van der Waals surface area contributed by atoms with Crippen LogP contribution in [0.2, 0.25) is 0 Å². The van der Waals surface area contributed by atoms with Gasteiger partial charge in [-0.3, -0.25) is 24.6 Å². The second kappa shape index (κ2) is 9.16. The molecule has 4 rings (SSSR count). The lowest BCUT2D eigenvalue weighted by Gasteiger charge is -2.36. The maximum Gasteiger partial charge on any atom is 0.255 e. The van der Waals surface area contributed by atoms with Crippen LogP contribution >= 0.6 is 0 Å². The Hall–Kier alpha value is -2.41. The standard InChI is InChI=1S/C23H32N4O3/c1-2-3-4-5-10-25-11-13-26(14-12-25)18-6-7-19-17(15-18)16-27(23(19)30)20-8-9-21(28)24-22(20)29/h6-7,15,20H,2-5,8-14,16H2,1H3,(H,24,28,29). The number of rotatable bonds is 7. The van der Waals surface area contributed by atoms with Crippen LogP contribution in [0.25, 0.3) is 0 Å². The molecule has 7 nitrogen and oxygen atoms in total. The number of nitrogens with one attached hydrogen (secondary N) is 1. The van der Waals surface area contributed by atoms with Crippen LogP contribution in [0.3, 0.4) is 0 Å². The number of hydrogen-bond acceptors (Lipinski definition) is 5. The molecule has 30 heavy (non-hydrogen) atoms. The number of nitrogens with zero attached hydrogens (tertiary/aromatic N) is 3. The van der Waals surface area contributed by atoms with Crippen molar-refractivity contribution in [3.05, 3.63) is 29.3 Å². The molecule has 0 aliphatic carbocycles. The molecule has 0 radical (unpaired) electrons. The Kier molecular flexibility index (Phi) is 6.37. The maximum absolute atomic E-state index is 12.8. The van der Waals surface area contributed by atoms with Crippen molar-refractivity contribution in [1.82, 2.24) is 15.1 Å². The number of carbonyl (C=O) groups excluding carboxylic acids is 3. The number of benzene rings is 1. The third-order valence-electron chi connectivity index (χ3n) is 6.57. The van der Waals surface area contributed by atoms with Gasteiger partial charge < -0.3 is 9.80 Å². The van der Waals surface area contributed by atoms with Gasteiger partial charge in [0.25, 0.3) is 5.91 Å². The summed E-state index contributed by atoms with van der Waals surface area (Å²) in [6.07, 6.45) is 5.88. The Labute approximate surface area is 178 Å². The summed E-state index contributed by atoms with van der Waals surface area (Å²) in [7, 11) is 0. The summed E-state index contributed by atoms with van der Waals surface area (Å²) in [4.78, 5) is 43.0. The Morgan fingerprint density at radius 2 is 1.83 bits per heavy atom. The number of fused-ring (bicyclic) bond motifs is 1. The molecule has 162 valence electrons. The second-order valence-electron chi connectivity index (χ2n) is 8.63. The normalized spacial score (nSPS) is 22.4. The number of piperazine rings is 1. The molecule has 3 aliphatic rings. The fourth-order valence-electron chi connectivity index (χ4n) is 4.75. The Bertz CT molecular complexity index is 817. The molecule has 0 saturated carbocycles. The third-order valence-corrected chi connectivity index (χ3v) is 6.57. The van der Waals surface area contributed by atoms with Crippen molar-refractivity contribution in [3.63, 3.8) is 0 Å². The van der Waals surface area contributed by atoms with E-state index in [0.717, 1.165) is 37.4 Å². The molecule has 1 N–H and O–H groups in total. The number of piperidine rings is 1. The molecule has 3 heterocycles. The molecule has 1 atom stereocenters. The number of unbranched alkanes of at least 4 members (excludes halogenated alkanes) is 3. The minimum absolute atomic E-state index is 0.108. The second-order valence-corrected chi connectivity index (χ2v) is 8.63. The monoisotopic (exact) mass is 412 g/mol. The van der Waals surface area contributed by atoms with E-state index in [-0.39, 0.29) is 24.1 Å². The zero-order valence-corrected chi connectivity index (χ0v) is 17.9. The van der Waals surface area contributed by atoms with Crippen LogP contribution in [0.15, 0.2) is 18.2 Å². The van der Waals surface area contributed by atoms with E-state index in [9.17, 15) is 14.4 Å². The van der Waals surface area contributed by atoms with E-state index in [1.807, 2.05) is 12.1 Å². The highest BCUT2D eigenvalue weighted by atomic mass is 16.2. The van der Waals surface area contributed by atoms with Crippen LogP contribution < -0.4 is 10.2 Å². The lowest BCUT2D eigenvalue weighted by atomic mass is 10.0. The summed E-state index contributed by atoms with van der Waals surface area (Å²) in [5.41, 5.74) is 2.81. The number of amides is 3. The van der Waals surface area contributed by atoms with Crippen molar-refractivity contribution in [3.8, 4) is 0 Å². The predicted octanol–water partition coefficient (Wildman–Crippen LogP) is 2.15. The van der Waals surface area contributed by atoms with Gasteiger partial charge in [0.05, 0.1) is 0 Å². The van der Waals surface area contributed by atoms with E-state index >= 15 is 0 Å². The summed E-state index contributed by atoms with van der Waals surface area (Å²) in [6.45, 7) is 8.01. The molecule has 2 saturated heterocycles. The van der Waals surface area contributed by atoms with Crippen molar-refractivity contribution >= 4 is 23.4 Å². The highest BCUT2D eigenvalue weighted by Crippen LogP contribution is 2.31. The molecule has 7 heteroatoms. The van der Waals surface area contributed by atoms with Crippen LogP contribution in [0.5, 0.6) is 0 Å². The van der Waals surface area contributed by atoms with Crippen molar-refractivity contribution < 1.29 is 14.4 Å². The van der Waals surface area contributed by atoms with Gasteiger partial charge in [0.15, 0.2) is 0 Å². The molecule has 1 unspecified atom stereocenters. The number of carbonyl (C=O) groups is 3. The van der Waals surface area contributed by atoms with E-state index in [1.165, 1.54) is 32.2 Å². The first-order valence-corrected chi connectivity index (χ1v) is 11.3. The van der Waals surface area contributed by atoms with Gasteiger partial charge in [-0.2, -0.15) is 0 Å². The fraction of sp³-hybridized carbons (Fsp3) is 0.609. The van der Waals surface area contributed by atoms with E-state index < -0.39 is 6.04 Å². The van der Waals surface area contributed by atoms with Crippen LogP contribution in [0.4, 0.5) is 5.69 Å². The summed E-state index contributed by atoms with van der Waals surface area (Å²) in [5.74, 6) is -0.724. The molecule has 0 spiro atoms. The van der Waals surface area contributed by atoms with Gasteiger partial charge in [-0.25, -0.2) is 0 Å². The largest absolute Gasteiger partial charge is 0.369 e. The molecule has 1 aromatic rings. The summed E-state index contributed by atoms with van der Waals surface area (Å²) >= 11 is 0. The number of hydrogen-bond donors (Lipinski definition) is 1. The number of anilines is 1. The van der Waals surface area contributed by atoms with Crippen LogP contribution in [-0.4, -0.2) is 66.3 Å². The zero-order chi connectivity index (χ0) is 21.1. The van der Waals surface area contributed by atoms with Crippen molar-refractivity contribution in [2.45, 2.75) is 58.0 Å². The first kappa shape index (κ1) is 20.8. The fourth-order valence-corrected chi connectivity index (χ4v) is 4.75. The maximum atomic E-state index is 12.8. The molecule has 3 amide bonds. The summed E-state index contributed by atoms with van der Waals surface area (Å²) < 4.78 is 0. The average molecular weight is 413 g/mol. The van der Waals surface area contributed by atoms with E-state index in [1.54, 1.807) is 4.90 Å². The molecule has 3 aliphatic heterocycles. The SMILES string of the molecule is CCCCCCN1CCN(c2ccc3c(c2)CN(C2CCC(=O)NC2=O)C3=O)CC1. The highest BCUT2D eigenvalue weighted by molar-refractivity contribution is 6.05. The summed E-state index contributed by atoms with van der Waals surface area (Å²) in [6, 6.07) is 5.48. The summed E-state index contributed by atoms with van der Waals surface area (Å²) in [5, 5.41) is 2.36. The van der Waals surface area contributed by atoms with Gasteiger partial charge in [-0.15, -0.1) is 0 Å². The lowest BCUT2D eigenvalue weighted by molar-refractivity contribution is -0.136.